The summed E-state index contributed by atoms with van der Waals surface area (Å²) in [6.07, 6.45) is 0. The molecule has 0 aliphatic carbocycles. The van der Waals surface area contributed by atoms with Crippen molar-refractivity contribution in [3.05, 3.63) is 58.6 Å². The maximum Gasteiger partial charge on any atom is 0.236 e. The second-order valence-corrected chi connectivity index (χ2v) is 6.77. The van der Waals surface area contributed by atoms with Crippen LogP contribution in [-0.2, 0) is 15.8 Å². The summed E-state index contributed by atoms with van der Waals surface area (Å²) in [6.45, 7) is 1.85. The first kappa shape index (κ1) is 15.7. The lowest BCUT2D eigenvalue weighted by molar-refractivity contribution is 0.412. The zero-order valence-electron chi connectivity index (χ0n) is 11.8. The van der Waals surface area contributed by atoms with Crippen LogP contribution in [0.15, 0.2) is 42.5 Å². The third-order valence-corrected chi connectivity index (χ3v) is 4.58. The third kappa shape index (κ3) is 4.12. The first-order valence-corrected chi connectivity index (χ1v) is 8.33. The van der Waals surface area contributed by atoms with Gasteiger partial charge in [-0.05, 0) is 42.3 Å². The van der Waals surface area contributed by atoms with Gasteiger partial charge in [0, 0.05) is 10.7 Å². The first-order valence-electron chi connectivity index (χ1n) is 6.30. The smallest absolute Gasteiger partial charge is 0.236 e. The van der Waals surface area contributed by atoms with Gasteiger partial charge in [0.25, 0.3) is 0 Å². The predicted octanol–water partition coefficient (Wildman–Crippen LogP) is 3.60. The van der Waals surface area contributed by atoms with Gasteiger partial charge in [0.15, 0.2) is 0 Å². The zero-order valence-corrected chi connectivity index (χ0v) is 13.3. The van der Waals surface area contributed by atoms with Crippen molar-refractivity contribution >= 4 is 27.3 Å². The van der Waals surface area contributed by atoms with E-state index in [0.717, 1.165) is 5.56 Å². The number of anilines is 1. The summed E-state index contributed by atoms with van der Waals surface area (Å²) in [5.74, 6) is 0.543. The highest BCUT2D eigenvalue weighted by molar-refractivity contribution is 7.91. The van der Waals surface area contributed by atoms with Crippen LogP contribution in [0.25, 0.3) is 0 Å². The quantitative estimate of drug-likeness (QED) is 0.913. The summed E-state index contributed by atoms with van der Waals surface area (Å²) >= 11 is 5.99. The molecule has 21 heavy (non-hydrogen) atoms. The molecule has 0 atom stereocenters. The van der Waals surface area contributed by atoms with Crippen LogP contribution < -0.4 is 9.46 Å². The van der Waals surface area contributed by atoms with Crippen molar-refractivity contribution in [1.82, 2.24) is 0 Å². The van der Waals surface area contributed by atoms with Crippen LogP contribution >= 0.6 is 11.6 Å². The average Bonchev–Trinajstić information content (AvgIpc) is 2.41. The molecule has 6 heteroatoms. The molecule has 1 N–H and O–H groups in total. The van der Waals surface area contributed by atoms with Crippen LogP contribution in [0.4, 0.5) is 5.69 Å². The Kier molecular flexibility index (Phi) is 4.75. The Bertz CT molecular complexity index is 744. The molecule has 0 saturated heterocycles. The summed E-state index contributed by atoms with van der Waals surface area (Å²) in [5, 5.41) is 0.439. The maximum atomic E-state index is 12.2. The predicted molar refractivity (Wildman–Crippen MR) is 85.4 cm³/mol. The van der Waals surface area contributed by atoms with Crippen LogP contribution in [0, 0.1) is 6.92 Å². The Hall–Kier alpha value is -1.72. The molecule has 0 radical (unpaired) electrons. The van der Waals surface area contributed by atoms with Gasteiger partial charge in [0.1, 0.15) is 5.75 Å². The summed E-state index contributed by atoms with van der Waals surface area (Å²) < 4.78 is 32.1. The van der Waals surface area contributed by atoms with Crippen LogP contribution in [0.5, 0.6) is 5.75 Å². The summed E-state index contributed by atoms with van der Waals surface area (Å²) in [4.78, 5) is 0. The number of methoxy groups -OCH3 is 1. The fraction of sp³-hybridized carbons (Fsp3) is 0.200. The van der Waals surface area contributed by atoms with E-state index < -0.39 is 10.0 Å². The van der Waals surface area contributed by atoms with E-state index in [1.807, 2.05) is 6.92 Å². The monoisotopic (exact) mass is 325 g/mol. The second-order valence-electron chi connectivity index (χ2n) is 4.64. The van der Waals surface area contributed by atoms with Crippen molar-refractivity contribution in [2.75, 3.05) is 11.8 Å². The van der Waals surface area contributed by atoms with E-state index in [-0.39, 0.29) is 5.75 Å². The molecule has 112 valence electrons. The molecule has 0 aliphatic heterocycles. The minimum Gasteiger partial charge on any atom is -0.496 e. The minimum absolute atomic E-state index is 0.169. The molecule has 2 rings (SSSR count). The number of halogens is 1. The third-order valence-electron chi connectivity index (χ3n) is 2.97. The molecule has 4 nitrogen and oxygen atoms in total. The van der Waals surface area contributed by atoms with Crippen LogP contribution in [-0.4, -0.2) is 15.5 Å². The number of benzene rings is 2. The van der Waals surface area contributed by atoms with E-state index in [2.05, 4.69) is 4.72 Å². The summed E-state index contributed by atoms with van der Waals surface area (Å²) in [5.41, 5.74) is 1.92. The molecule has 0 unspecified atom stereocenters. The zero-order chi connectivity index (χ0) is 15.5. The Morgan fingerprint density at radius 1 is 1.19 bits per heavy atom. The Balaban J connectivity index is 2.18. The maximum absolute atomic E-state index is 12.2. The van der Waals surface area contributed by atoms with E-state index >= 15 is 0 Å². The normalized spacial score (nSPS) is 11.2. The van der Waals surface area contributed by atoms with E-state index in [0.29, 0.717) is 22.0 Å². The van der Waals surface area contributed by atoms with Crippen LogP contribution in [0.2, 0.25) is 5.02 Å². The lowest BCUT2D eigenvalue weighted by atomic mass is 10.2. The number of aryl methyl sites for hydroxylation is 1. The number of rotatable bonds is 5. The van der Waals surface area contributed by atoms with Crippen molar-refractivity contribution in [2.24, 2.45) is 0 Å². The lowest BCUT2D eigenvalue weighted by Crippen LogP contribution is -2.15. The van der Waals surface area contributed by atoms with Gasteiger partial charge in [0.2, 0.25) is 10.0 Å². The first-order chi connectivity index (χ1) is 9.91. The van der Waals surface area contributed by atoms with Crippen LogP contribution in [0.3, 0.4) is 0 Å². The van der Waals surface area contributed by atoms with Gasteiger partial charge in [0.05, 0.1) is 12.9 Å². The van der Waals surface area contributed by atoms with Crippen LogP contribution in [0.1, 0.15) is 11.1 Å². The minimum atomic E-state index is -3.52. The number of hydrogen-bond donors (Lipinski definition) is 1. The molecule has 0 amide bonds. The molecule has 0 heterocycles. The van der Waals surface area contributed by atoms with Gasteiger partial charge in [-0.15, -0.1) is 0 Å². The highest BCUT2D eigenvalue weighted by atomic mass is 35.5. The molecule has 0 spiro atoms. The Morgan fingerprint density at radius 2 is 1.90 bits per heavy atom. The molecule has 0 saturated carbocycles. The van der Waals surface area contributed by atoms with Crippen molar-refractivity contribution in [2.45, 2.75) is 12.7 Å². The molecular formula is C15H16ClNO3S. The number of ether oxygens (including phenoxy) is 1. The van der Waals surface area contributed by atoms with Gasteiger partial charge in [-0.2, -0.15) is 0 Å². The molecule has 0 bridgehead atoms. The van der Waals surface area contributed by atoms with Crippen molar-refractivity contribution < 1.29 is 13.2 Å². The molecule has 0 aliphatic rings. The highest BCUT2D eigenvalue weighted by Gasteiger charge is 2.14. The van der Waals surface area contributed by atoms with Gasteiger partial charge in [-0.3, -0.25) is 4.72 Å². The van der Waals surface area contributed by atoms with E-state index in [9.17, 15) is 8.42 Å². The number of sulfonamides is 1. The van der Waals surface area contributed by atoms with E-state index in [1.165, 1.54) is 0 Å². The molecule has 0 aromatic heterocycles. The molecular weight excluding hydrogens is 310 g/mol. The summed E-state index contributed by atoms with van der Waals surface area (Å²) in [6, 6.07) is 12.0. The fourth-order valence-corrected chi connectivity index (χ4v) is 3.48. The van der Waals surface area contributed by atoms with Gasteiger partial charge in [-0.1, -0.05) is 29.8 Å². The van der Waals surface area contributed by atoms with Crippen molar-refractivity contribution in [3.8, 4) is 5.75 Å². The largest absolute Gasteiger partial charge is 0.496 e. The van der Waals surface area contributed by atoms with Crippen molar-refractivity contribution in [3.63, 3.8) is 0 Å². The number of nitrogens with one attached hydrogen (secondary N) is 1. The topological polar surface area (TPSA) is 55.4 Å². The SMILES string of the molecule is COc1ccc(NS(=O)(=O)Cc2ccccc2Cl)cc1C. The standard InChI is InChI=1S/C15H16ClNO3S/c1-11-9-13(7-8-15(11)20-2)17-21(18,19)10-12-5-3-4-6-14(12)16/h3-9,17H,10H2,1-2H3. The van der Waals surface area contributed by atoms with Gasteiger partial charge < -0.3 is 4.74 Å². The molecule has 2 aromatic carbocycles. The Labute approximate surface area is 129 Å². The lowest BCUT2D eigenvalue weighted by Gasteiger charge is -2.11. The Morgan fingerprint density at radius 3 is 2.52 bits per heavy atom. The fourth-order valence-electron chi connectivity index (χ4n) is 1.98. The van der Waals surface area contributed by atoms with E-state index in [1.54, 1.807) is 49.6 Å². The number of hydrogen-bond acceptors (Lipinski definition) is 3. The highest BCUT2D eigenvalue weighted by Crippen LogP contribution is 2.23. The van der Waals surface area contributed by atoms with E-state index in [4.69, 9.17) is 16.3 Å². The second kappa shape index (κ2) is 6.37. The van der Waals surface area contributed by atoms with Gasteiger partial charge >= 0.3 is 0 Å². The molecule has 2 aromatic rings. The van der Waals surface area contributed by atoms with Gasteiger partial charge in [-0.25, -0.2) is 8.42 Å². The van der Waals surface area contributed by atoms with Crippen molar-refractivity contribution in [1.29, 1.82) is 0 Å². The summed E-state index contributed by atoms with van der Waals surface area (Å²) in [7, 11) is -1.95. The average molecular weight is 326 g/mol. The molecule has 0 fully saturated rings.